The van der Waals surface area contributed by atoms with E-state index in [0.29, 0.717) is 11.5 Å². The van der Waals surface area contributed by atoms with Gasteiger partial charge in [-0.1, -0.05) is 13.8 Å². The van der Waals surface area contributed by atoms with Crippen LogP contribution in [0, 0.1) is 23.2 Å². The van der Waals surface area contributed by atoms with Crippen LogP contribution >= 0.6 is 0 Å². The summed E-state index contributed by atoms with van der Waals surface area (Å²) < 4.78 is 0. The number of hydrogen-bond donors (Lipinski definition) is 0. The maximum atomic E-state index is 4.62. The minimum Gasteiger partial charge on any atom is -0.294 e. The first-order chi connectivity index (χ1) is 6.62. The van der Waals surface area contributed by atoms with E-state index in [0.717, 1.165) is 17.8 Å². The van der Waals surface area contributed by atoms with Gasteiger partial charge in [-0.25, -0.2) is 0 Å². The van der Waals surface area contributed by atoms with Gasteiger partial charge >= 0.3 is 0 Å². The molecular weight excluding hydrogens is 170 g/mol. The summed E-state index contributed by atoms with van der Waals surface area (Å²) in [4.78, 5) is 4.62. The molecule has 14 heavy (non-hydrogen) atoms. The van der Waals surface area contributed by atoms with Crippen molar-refractivity contribution >= 4 is 6.21 Å². The zero-order chi connectivity index (χ0) is 10.3. The van der Waals surface area contributed by atoms with Crippen LogP contribution in [0.3, 0.4) is 0 Å². The normalized spacial score (nSPS) is 43.2. The van der Waals surface area contributed by atoms with E-state index in [4.69, 9.17) is 0 Å². The van der Waals surface area contributed by atoms with E-state index in [9.17, 15) is 0 Å². The Bertz CT molecular complexity index is 240. The molecule has 4 unspecified atom stereocenters. The first kappa shape index (κ1) is 10.2. The van der Waals surface area contributed by atoms with E-state index < -0.39 is 0 Å². The number of nitrogens with zero attached hydrogens (tertiary/aromatic N) is 1. The van der Waals surface area contributed by atoms with Gasteiger partial charge in [0.15, 0.2) is 0 Å². The first-order valence-corrected chi connectivity index (χ1v) is 6.09. The Morgan fingerprint density at radius 1 is 1.36 bits per heavy atom. The molecule has 3 fully saturated rings. The van der Waals surface area contributed by atoms with Gasteiger partial charge in [0, 0.05) is 0 Å². The quantitative estimate of drug-likeness (QED) is 0.608. The van der Waals surface area contributed by atoms with Crippen LogP contribution in [0.25, 0.3) is 0 Å². The molecule has 0 amide bonds. The van der Waals surface area contributed by atoms with Gasteiger partial charge in [0.2, 0.25) is 0 Å². The van der Waals surface area contributed by atoms with Gasteiger partial charge in [0.05, 0.1) is 6.04 Å². The lowest BCUT2D eigenvalue weighted by Gasteiger charge is -2.52. The zero-order valence-corrected chi connectivity index (χ0v) is 9.96. The number of rotatable bonds is 3. The van der Waals surface area contributed by atoms with Crippen LogP contribution in [0.2, 0.25) is 0 Å². The second-order valence-electron chi connectivity index (χ2n) is 5.59. The van der Waals surface area contributed by atoms with Crippen LogP contribution < -0.4 is 0 Å². The van der Waals surface area contributed by atoms with E-state index in [-0.39, 0.29) is 0 Å². The summed E-state index contributed by atoms with van der Waals surface area (Å²) in [6.45, 7) is 9.14. The van der Waals surface area contributed by atoms with Crippen molar-refractivity contribution in [1.82, 2.24) is 0 Å². The molecule has 3 aliphatic carbocycles. The summed E-state index contributed by atoms with van der Waals surface area (Å²) in [5.74, 6) is 2.84. The zero-order valence-electron chi connectivity index (χ0n) is 9.96. The van der Waals surface area contributed by atoms with Crippen LogP contribution in [0.5, 0.6) is 0 Å². The fourth-order valence-electron chi connectivity index (χ4n) is 4.30. The van der Waals surface area contributed by atoms with Crippen molar-refractivity contribution in [3.63, 3.8) is 0 Å². The van der Waals surface area contributed by atoms with Gasteiger partial charge in [0.1, 0.15) is 0 Å². The molecule has 2 bridgehead atoms. The third-order valence-electron chi connectivity index (χ3n) is 4.72. The standard InChI is InChI=1S/C13H23N/c1-5-14-10(4)13-7-6-11(8-13)12(13)9(2)3/h5,9-12H,6-8H2,1-4H3. The topological polar surface area (TPSA) is 12.4 Å². The highest BCUT2D eigenvalue weighted by atomic mass is 14.8. The molecule has 3 rings (SSSR count). The summed E-state index contributed by atoms with van der Waals surface area (Å²) in [6, 6.07) is 0.554. The summed E-state index contributed by atoms with van der Waals surface area (Å²) >= 11 is 0. The van der Waals surface area contributed by atoms with E-state index in [2.05, 4.69) is 25.8 Å². The fraction of sp³-hybridized carbons (Fsp3) is 0.923. The van der Waals surface area contributed by atoms with Crippen LogP contribution in [0.1, 0.15) is 47.0 Å². The molecule has 80 valence electrons. The Hall–Kier alpha value is -0.330. The summed E-state index contributed by atoms with van der Waals surface area (Å²) in [6.07, 6.45) is 6.34. The van der Waals surface area contributed by atoms with Crippen molar-refractivity contribution in [2.45, 2.75) is 53.0 Å². The van der Waals surface area contributed by atoms with Crippen molar-refractivity contribution < 1.29 is 0 Å². The molecule has 0 N–H and O–H groups in total. The molecule has 4 atom stereocenters. The lowest BCUT2D eigenvalue weighted by Crippen LogP contribution is -2.49. The fourth-order valence-corrected chi connectivity index (χ4v) is 4.30. The SMILES string of the molecule is CC=NC(C)C12CCC(C1)C2C(C)C. The van der Waals surface area contributed by atoms with Crippen LogP contribution in [0.15, 0.2) is 4.99 Å². The third kappa shape index (κ3) is 1.17. The highest BCUT2D eigenvalue weighted by Gasteiger charge is 2.61. The maximum Gasteiger partial charge on any atom is 0.0526 e. The lowest BCUT2D eigenvalue weighted by molar-refractivity contribution is -0.0214. The number of fused-ring (bicyclic) bond motifs is 1. The van der Waals surface area contributed by atoms with E-state index >= 15 is 0 Å². The number of aliphatic imine (C=N–C) groups is 1. The predicted molar refractivity (Wildman–Crippen MR) is 61.7 cm³/mol. The Morgan fingerprint density at radius 3 is 2.57 bits per heavy atom. The van der Waals surface area contributed by atoms with Gasteiger partial charge in [-0.05, 0) is 62.5 Å². The molecule has 0 aromatic heterocycles. The molecule has 0 spiro atoms. The molecule has 1 heteroatoms. The molecule has 0 radical (unpaired) electrons. The van der Waals surface area contributed by atoms with Crippen molar-refractivity contribution in [1.29, 1.82) is 0 Å². The minimum absolute atomic E-state index is 0.554. The average Bonchev–Trinajstić information content (AvgIpc) is 2.59. The van der Waals surface area contributed by atoms with Crippen molar-refractivity contribution in [3.8, 4) is 0 Å². The highest BCUT2D eigenvalue weighted by molar-refractivity contribution is 5.53. The molecule has 0 aliphatic heterocycles. The third-order valence-corrected chi connectivity index (χ3v) is 4.72. The van der Waals surface area contributed by atoms with E-state index in [1.165, 1.54) is 19.3 Å². The Kier molecular flexibility index (Phi) is 2.45. The summed E-state index contributed by atoms with van der Waals surface area (Å²) in [7, 11) is 0. The Labute approximate surface area is 88.0 Å². The molecular formula is C13H23N. The van der Waals surface area contributed by atoms with Gasteiger partial charge in [0.25, 0.3) is 0 Å². The Balaban J connectivity index is 2.16. The highest BCUT2D eigenvalue weighted by Crippen LogP contribution is 2.67. The molecule has 0 aromatic rings. The second kappa shape index (κ2) is 3.36. The maximum absolute atomic E-state index is 4.62. The monoisotopic (exact) mass is 193 g/mol. The van der Waals surface area contributed by atoms with Crippen molar-refractivity contribution in [2.75, 3.05) is 0 Å². The van der Waals surface area contributed by atoms with Gasteiger partial charge < -0.3 is 0 Å². The van der Waals surface area contributed by atoms with Gasteiger partial charge in [-0.15, -0.1) is 0 Å². The van der Waals surface area contributed by atoms with Crippen molar-refractivity contribution in [2.24, 2.45) is 28.2 Å². The smallest absolute Gasteiger partial charge is 0.0526 e. The molecule has 3 saturated carbocycles. The second-order valence-corrected chi connectivity index (χ2v) is 5.59. The largest absolute Gasteiger partial charge is 0.294 e. The lowest BCUT2D eigenvalue weighted by atomic mass is 9.53. The van der Waals surface area contributed by atoms with Crippen LogP contribution in [-0.2, 0) is 0 Å². The van der Waals surface area contributed by atoms with Gasteiger partial charge in [-0.3, -0.25) is 4.99 Å². The summed E-state index contributed by atoms with van der Waals surface area (Å²) in [5.41, 5.74) is 0.589. The molecule has 1 nitrogen and oxygen atoms in total. The van der Waals surface area contributed by atoms with Crippen molar-refractivity contribution in [3.05, 3.63) is 0 Å². The molecule has 0 heterocycles. The van der Waals surface area contributed by atoms with E-state index in [1.54, 1.807) is 0 Å². The predicted octanol–water partition coefficient (Wildman–Crippen LogP) is 3.54. The number of hydrogen-bond acceptors (Lipinski definition) is 1. The van der Waals surface area contributed by atoms with Gasteiger partial charge in [-0.2, -0.15) is 0 Å². The van der Waals surface area contributed by atoms with Crippen LogP contribution in [0.4, 0.5) is 0 Å². The van der Waals surface area contributed by atoms with E-state index in [1.807, 2.05) is 13.1 Å². The first-order valence-electron chi connectivity index (χ1n) is 6.09. The summed E-state index contributed by atoms with van der Waals surface area (Å²) in [5, 5.41) is 0. The Morgan fingerprint density at radius 2 is 2.07 bits per heavy atom. The molecule has 3 aliphatic rings. The molecule has 0 saturated heterocycles. The average molecular weight is 193 g/mol. The minimum atomic E-state index is 0.554. The molecule has 0 aromatic carbocycles. The van der Waals surface area contributed by atoms with Crippen LogP contribution in [-0.4, -0.2) is 12.3 Å².